The minimum Gasteiger partial charge on any atom is -0.312 e. The summed E-state index contributed by atoms with van der Waals surface area (Å²) in [5, 5.41) is 3.34. The second-order valence-electron chi connectivity index (χ2n) is 4.81. The summed E-state index contributed by atoms with van der Waals surface area (Å²) in [7, 11) is 0. The van der Waals surface area contributed by atoms with Crippen LogP contribution < -0.4 is 5.32 Å². The molecule has 1 aliphatic heterocycles. The van der Waals surface area contributed by atoms with Gasteiger partial charge in [0.1, 0.15) is 5.78 Å². The molecule has 1 aromatic carbocycles. The second kappa shape index (κ2) is 5.97. The summed E-state index contributed by atoms with van der Waals surface area (Å²) in [5.41, 5.74) is 2.53. The first-order valence-corrected chi connectivity index (χ1v) is 6.64. The fourth-order valence-corrected chi connectivity index (χ4v) is 2.51. The normalized spacial score (nSPS) is 18.8. The highest BCUT2D eigenvalue weighted by atomic mass is 16.1. The molecule has 0 spiro atoms. The number of benzene rings is 1. The Labute approximate surface area is 103 Å². The molecule has 0 saturated heterocycles. The lowest BCUT2D eigenvalue weighted by molar-refractivity contribution is -0.120. The molecule has 1 N–H and O–H groups in total. The first-order chi connectivity index (χ1) is 8.33. The maximum atomic E-state index is 12.2. The van der Waals surface area contributed by atoms with Crippen molar-refractivity contribution >= 4 is 5.78 Å². The molecule has 0 amide bonds. The second-order valence-corrected chi connectivity index (χ2v) is 4.81. The van der Waals surface area contributed by atoms with Crippen LogP contribution in [0.25, 0.3) is 0 Å². The third-order valence-corrected chi connectivity index (χ3v) is 3.51. The fraction of sp³-hybridized carbons (Fsp3) is 0.533. The van der Waals surface area contributed by atoms with Gasteiger partial charge >= 0.3 is 0 Å². The summed E-state index contributed by atoms with van der Waals surface area (Å²) in [6, 6.07) is 8.31. The van der Waals surface area contributed by atoms with E-state index in [1.54, 1.807) is 0 Å². The Morgan fingerprint density at radius 1 is 1.35 bits per heavy atom. The van der Waals surface area contributed by atoms with Crippen molar-refractivity contribution in [2.24, 2.45) is 0 Å². The maximum Gasteiger partial charge on any atom is 0.141 e. The molecule has 0 fully saturated rings. The number of Topliss-reactive ketones (excluding diaryl/α,β-unsaturated/α-hetero) is 1. The zero-order valence-electron chi connectivity index (χ0n) is 10.5. The molecule has 0 aromatic heterocycles. The average molecular weight is 231 g/mol. The van der Waals surface area contributed by atoms with Crippen molar-refractivity contribution in [3.05, 3.63) is 35.4 Å². The molecule has 2 heteroatoms. The van der Waals surface area contributed by atoms with Crippen molar-refractivity contribution in [2.45, 2.75) is 45.1 Å². The largest absolute Gasteiger partial charge is 0.312 e. The maximum absolute atomic E-state index is 12.2. The van der Waals surface area contributed by atoms with Gasteiger partial charge < -0.3 is 5.32 Å². The molecule has 17 heavy (non-hydrogen) atoms. The van der Waals surface area contributed by atoms with Gasteiger partial charge in [-0.25, -0.2) is 0 Å². The van der Waals surface area contributed by atoms with Crippen LogP contribution in [-0.2, 0) is 11.3 Å². The topological polar surface area (TPSA) is 29.1 Å². The predicted molar refractivity (Wildman–Crippen MR) is 70.0 cm³/mol. The van der Waals surface area contributed by atoms with Crippen LogP contribution in [0.1, 0.15) is 49.7 Å². The molecule has 0 bridgehead atoms. The minimum absolute atomic E-state index is 0.0804. The van der Waals surface area contributed by atoms with Gasteiger partial charge in [-0.3, -0.25) is 4.79 Å². The van der Waals surface area contributed by atoms with E-state index >= 15 is 0 Å². The van der Waals surface area contributed by atoms with Crippen LogP contribution in [0.2, 0.25) is 0 Å². The van der Waals surface area contributed by atoms with E-state index in [1.807, 2.05) is 12.1 Å². The van der Waals surface area contributed by atoms with E-state index < -0.39 is 0 Å². The van der Waals surface area contributed by atoms with Gasteiger partial charge in [0.2, 0.25) is 0 Å². The highest BCUT2D eigenvalue weighted by molar-refractivity contribution is 5.86. The number of rotatable bonds is 5. The fourth-order valence-electron chi connectivity index (χ4n) is 2.51. The molecule has 1 aromatic rings. The number of nitrogens with one attached hydrogen (secondary N) is 1. The average Bonchev–Trinajstić information content (AvgIpc) is 2.38. The third-order valence-electron chi connectivity index (χ3n) is 3.51. The van der Waals surface area contributed by atoms with Crippen LogP contribution in [0.3, 0.4) is 0 Å². The molecule has 1 heterocycles. The predicted octanol–water partition coefficient (Wildman–Crippen LogP) is 3.02. The van der Waals surface area contributed by atoms with E-state index in [9.17, 15) is 4.79 Å². The van der Waals surface area contributed by atoms with Gasteiger partial charge in [-0.1, -0.05) is 44.0 Å². The van der Waals surface area contributed by atoms with Gasteiger partial charge in [0.15, 0.2) is 0 Å². The standard InChI is InChI=1S/C15H21NO/c1-2-3-4-9-15(17)14-11-16-10-12-7-5-6-8-13(12)14/h5-8,14,16H,2-4,9-11H2,1H3. The lowest BCUT2D eigenvalue weighted by Crippen LogP contribution is -2.32. The zero-order chi connectivity index (χ0) is 12.1. The number of ketones is 1. The Morgan fingerprint density at radius 3 is 3.00 bits per heavy atom. The quantitative estimate of drug-likeness (QED) is 0.789. The van der Waals surface area contributed by atoms with Crippen LogP contribution in [0.15, 0.2) is 24.3 Å². The van der Waals surface area contributed by atoms with Crippen molar-refractivity contribution in [1.29, 1.82) is 0 Å². The van der Waals surface area contributed by atoms with E-state index in [0.29, 0.717) is 5.78 Å². The third kappa shape index (κ3) is 2.95. The Bertz CT molecular complexity index is 386. The summed E-state index contributed by atoms with van der Waals surface area (Å²) >= 11 is 0. The summed E-state index contributed by atoms with van der Waals surface area (Å²) < 4.78 is 0. The van der Waals surface area contributed by atoms with Crippen molar-refractivity contribution in [3.8, 4) is 0 Å². The smallest absolute Gasteiger partial charge is 0.141 e. The van der Waals surface area contributed by atoms with E-state index in [1.165, 1.54) is 17.5 Å². The van der Waals surface area contributed by atoms with Gasteiger partial charge in [0, 0.05) is 19.5 Å². The molecular formula is C15H21NO. The first kappa shape index (κ1) is 12.3. The summed E-state index contributed by atoms with van der Waals surface area (Å²) in [5.74, 6) is 0.481. The SMILES string of the molecule is CCCCCC(=O)C1CNCc2ccccc21. The van der Waals surface area contributed by atoms with Crippen LogP contribution >= 0.6 is 0 Å². The molecule has 0 aliphatic carbocycles. The van der Waals surface area contributed by atoms with Crippen molar-refractivity contribution in [1.82, 2.24) is 5.32 Å². The van der Waals surface area contributed by atoms with Crippen LogP contribution in [-0.4, -0.2) is 12.3 Å². The van der Waals surface area contributed by atoms with E-state index in [2.05, 4.69) is 24.4 Å². The van der Waals surface area contributed by atoms with E-state index in [-0.39, 0.29) is 5.92 Å². The Morgan fingerprint density at radius 2 is 2.18 bits per heavy atom. The minimum atomic E-state index is 0.0804. The van der Waals surface area contributed by atoms with Crippen molar-refractivity contribution in [2.75, 3.05) is 6.54 Å². The molecule has 1 atom stereocenters. The first-order valence-electron chi connectivity index (χ1n) is 6.64. The molecule has 92 valence electrons. The lowest BCUT2D eigenvalue weighted by atomic mass is 9.86. The van der Waals surface area contributed by atoms with Gasteiger partial charge in [-0.05, 0) is 17.5 Å². The molecule has 0 radical (unpaired) electrons. The van der Waals surface area contributed by atoms with Gasteiger partial charge in [0.25, 0.3) is 0 Å². The van der Waals surface area contributed by atoms with E-state index in [0.717, 1.165) is 32.4 Å². The molecule has 1 unspecified atom stereocenters. The van der Waals surface area contributed by atoms with Crippen LogP contribution in [0, 0.1) is 0 Å². The molecule has 1 aliphatic rings. The summed E-state index contributed by atoms with van der Waals surface area (Å²) in [6.07, 6.45) is 4.10. The van der Waals surface area contributed by atoms with Crippen molar-refractivity contribution < 1.29 is 4.79 Å². The highest BCUT2D eigenvalue weighted by Gasteiger charge is 2.24. The van der Waals surface area contributed by atoms with Gasteiger partial charge in [0.05, 0.1) is 5.92 Å². The van der Waals surface area contributed by atoms with Gasteiger partial charge in [-0.2, -0.15) is 0 Å². The van der Waals surface area contributed by atoms with Crippen LogP contribution in [0.4, 0.5) is 0 Å². The van der Waals surface area contributed by atoms with Crippen molar-refractivity contribution in [3.63, 3.8) is 0 Å². The van der Waals surface area contributed by atoms with Gasteiger partial charge in [-0.15, -0.1) is 0 Å². The summed E-state index contributed by atoms with van der Waals surface area (Å²) in [4.78, 5) is 12.2. The summed E-state index contributed by atoms with van der Waals surface area (Å²) in [6.45, 7) is 3.87. The molecule has 2 rings (SSSR count). The number of hydrogen-bond donors (Lipinski definition) is 1. The number of unbranched alkanes of at least 4 members (excludes halogenated alkanes) is 2. The number of fused-ring (bicyclic) bond motifs is 1. The highest BCUT2D eigenvalue weighted by Crippen LogP contribution is 2.26. The zero-order valence-corrected chi connectivity index (χ0v) is 10.5. The Kier molecular flexibility index (Phi) is 4.32. The molecule has 0 saturated carbocycles. The number of carbonyl (C=O) groups is 1. The Balaban J connectivity index is 2.05. The number of carbonyl (C=O) groups excluding carboxylic acids is 1. The molecular weight excluding hydrogens is 210 g/mol. The number of hydrogen-bond acceptors (Lipinski definition) is 2. The Hall–Kier alpha value is -1.15. The monoisotopic (exact) mass is 231 g/mol. The van der Waals surface area contributed by atoms with Crippen LogP contribution in [0.5, 0.6) is 0 Å². The van der Waals surface area contributed by atoms with E-state index in [4.69, 9.17) is 0 Å². The molecule has 2 nitrogen and oxygen atoms in total. The lowest BCUT2D eigenvalue weighted by Gasteiger charge is -2.25.